The maximum atomic E-state index is 13.6. The Bertz CT molecular complexity index is 1380. The van der Waals surface area contributed by atoms with E-state index in [4.69, 9.17) is 0 Å². The Hall–Kier alpha value is -3.07. The minimum atomic E-state index is 0.104. The van der Waals surface area contributed by atoms with E-state index < -0.39 is 0 Å². The summed E-state index contributed by atoms with van der Waals surface area (Å²) in [5.74, 6) is 1.89. The van der Waals surface area contributed by atoms with E-state index in [0.29, 0.717) is 11.8 Å². The Kier molecular flexibility index (Phi) is 6.33. The number of nitrogens with zero attached hydrogens (tertiary/aromatic N) is 7. The molecular formula is C27H33N7OS. The van der Waals surface area contributed by atoms with Crippen molar-refractivity contribution in [3.8, 4) is 0 Å². The SMILES string of the molecule is CCc1cc2c(N3CCN(C(=O)[C@@H]4CCC[C@H](Cn5nnc6ccccc65)C4)C[C@@H]3C)ncnc2s1. The highest BCUT2D eigenvalue weighted by Crippen LogP contribution is 2.34. The topological polar surface area (TPSA) is 80.0 Å². The molecule has 1 aliphatic heterocycles. The average Bonchev–Trinajstić information content (AvgIpc) is 3.52. The minimum Gasteiger partial charge on any atom is -0.350 e. The maximum absolute atomic E-state index is 13.6. The minimum absolute atomic E-state index is 0.104. The smallest absolute Gasteiger partial charge is 0.225 e. The highest BCUT2D eigenvalue weighted by Gasteiger charge is 2.35. The third kappa shape index (κ3) is 4.34. The predicted octanol–water partition coefficient (Wildman–Crippen LogP) is 4.54. The standard InChI is InChI=1S/C27H33N7OS/c1-3-21-14-22-25(28-17-29-26(22)36-21)33-12-11-32(15-18(33)2)27(35)20-8-6-7-19(13-20)16-34-24-10-5-4-9-23(24)30-31-34/h4-5,9-10,14,17-20H,3,6-8,11-13,15-16H2,1-2H3/t18-,19-,20+/m0/s1. The number of fused-ring (bicyclic) bond motifs is 2. The fraction of sp³-hybridized carbons (Fsp3) is 0.519. The molecule has 1 amide bonds. The average molecular weight is 504 g/mol. The van der Waals surface area contributed by atoms with Gasteiger partial charge in [-0.2, -0.15) is 0 Å². The van der Waals surface area contributed by atoms with Gasteiger partial charge in [-0.05, 0) is 56.7 Å². The van der Waals surface area contributed by atoms with Crippen LogP contribution in [0.2, 0.25) is 0 Å². The van der Waals surface area contributed by atoms with Gasteiger partial charge in [0, 0.05) is 43.0 Å². The number of thiophene rings is 1. The fourth-order valence-electron chi connectivity index (χ4n) is 6.00. The number of carbonyl (C=O) groups is 1. The molecular weight excluding hydrogens is 470 g/mol. The van der Waals surface area contributed by atoms with E-state index in [1.54, 1.807) is 17.7 Å². The van der Waals surface area contributed by atoms with Gasteiger partial charge in [-0.15, -0.1) is 16.4 Å². The lowest BCUT2D eigenvalue weighted by Gasteiger charge is -2.42. The van der Waals surface area contributed by atoms with Gasteiger partial charge in [0.2, 0.25) is 5.91 Å². The Morgan fingerprint density at radius 1 is 1.17 bits per heavy atom. The summed E-state index contributed by atoms with van der Waals surface area (Å²) < 4.78 is 2.02. The number of hydrogen-bond donors (Lipinski definition) is 0. The van der Waals surface area contributed by atoms with Gasteiger partial charge in [-0.25, -0.2) is 14.6 Å². The van der Waals surface area contributed by atoms with Gasteiger partial charge in [-0.3, -0.25) is 4.79 Å². The van der Waals surface area contributed by atoms with Gasteiger partial charge in [0.15, 0.2) is 0 Å². The third-order valence-electron chi connectivity index (χ3n) is 7.90. The normalized spacial score (nSPS) is 23.0. The van der Waals surface area contributed by atoms with E-state index in [1.165, 1.54) is 4.88 Å². The molecule has 0 spiro atoms. The molecule has 9 heteroatoms. The highest BCUT2D eigenvalue weighted by molar-refractivity contribution is 7.18. The van der Waals surface area contributed by atoms with E-state index in [0.717, 1.165) is 85.4 Å². The monoisotopic (exact) mass is 503 g/mol. The molecule has 1 saturated carbocycles. The number of rotatable bonds is 5. The fourth-order valence-corrected chi connectivity index (χ4v) is 6.93. The van der Waals surface area contributed by atoms with Gasteiger partial charge in [0.25, 0.3) is 0 Å². The van der Waals surface area contributed by atoms with Crippen molar-refractivity contribution in [2.45, 2.75) is 58.5 Å². The second-order valence-electron chi connectivity index (χ2n) is 10.3. The summed E-state index contributed by atoms with van der Waals surface area (Å²) in [6, 6.07) is 10.6. The van der Waals surface area contributed by atoms with Crippen molar-refractivity contribution in [2.24, 2.45) is 11.8 Å². The first-order valence-corrected chi connectivity index (χ1v) is 14.0. The van der Waals surface area contributed by atoms with Crippen LogP contribution >= 0.6 is 11.3 Å². The molecule has 0 bridgehead atoms. The first-order valence-electron chi connectivity index (χ1n) is 13.2. The molecule has 6 rings (SSSR count). The van der Waals surface area contributed by atoms with Crippen molar-refractivity contribution in [3.05, 3.63) is 41.5 Å². The zero-order valence-corrected chi connectivity index (χ0v) is 21.8. The van der Waals surface area contributed by atoms with E-state index in [2.05, 4.69) is 56.1 Å². The summed E-state index contributed by atoms with van der Waals surface area (Å²) in [4.78, 5) is 29.6. The second-order valence-corrected chi connectivity index (χ2v) is 11.4. The molecule has 2 fully saturated rings. The first-order chi connectivity index (χ1) is 17.6. The largest absolute Gasteiger partial charge is 0.350 e. The number of para-hydroxylation sites is 1. The number of aromatic nitrogens is 5. The van der Waals surface area contributed by atoms with E-state index in [-0.39, 0.29) is 12.0 Å². The van der Waals surface area contributed by atoms with Crippen molar-refractivity contribution in [1.82, 2.24) is 29.9 Å². The Balaban J connectivity index is 1.11. The maximum Gasteiger partial charge on any atom is 0.225 e. The number of anilines is 1. The molecule has 0 radical (unpaired) electrons. The number of carbonyl (C=O) groups excluding carboxylic acids is 1. The summed E-state index contributed by atoms with van der Waals surface area (Å²) in [7, 11) is 0. The van der Waals surface area contributed by atoms with Gasteiger partial charge >= 0.3 is 0 Å². The van der Waals surface area contributed by atoms with Crippen molar-refractivity contribution >= 4 is 44.3 Å². The van der Waals surface area contributed by atoms with Crippen LogP contribution in [-0.4, -0.2) is 61.4 Å². The van der Waals surface area contributed by atoms with Crippen molar-refractivity contribution in [3.63, 3.8) is 0 Å². The van der Waals surface area contributed by atoms with Gasteiger partial charge in [0.05, 0.1) is 10.9 Å². The molecule has 4 aromatic rings. The number of hydrogen-bond acceptors (Lipinski definition) is 7. The molecule has 0 N–H and O–H groups in total. The van der Waals surface area contributed by atoms with Crippen LogP contribution in [0.1, 0.15) is 44.4 Å². The quantitative estimate of drug-likeness (QED) is 0.398. The molecule has 0 unspecified atom stereocenters. The van der Waals surface area contributed by atoms with Crippen LogP contribution in [0.15, 0.2) is 36.7 Å². The second kappa shape index (κ2) is 9.76. The summed E-state index contributed by atoms with van der Waals surface area (Å²) in [5.41, 5.74) is 2.01. The molecule has 1 saturated heterocycles. The van der Waals surface area contributed by atoms with Gasteiger partial charge in [0.1, 0.15) is 22.5 Å². The van der Waals surface area contributed by atoms with Crippen LogP contribution in [0.3, 0.4) is 0 Å². The van der Waals surface area contributed by atoms with Crippen LogP contribution in [0, 0.1) is 11.8 Å². The molecule has 36 heavy (non-hydrogen) atoms. The molecule has 3 aromatic heterocycles. The number of benzene rings is 1. The lowest BCUT2D eigenvalue weighted by molar-refractivity contribution is -0.138. The lowest BCUT2D eigenvalue weighted by atomic mass is 9.80. The van der Waals surface area contributed by atoms with E-state index >= 15 is 0 Å². The van der Waals surface area contributed by atoms with E-state index in [1.807, 2.05) is 22.9 Å². The van der Waals surface area contributed by atoms with Crippen molar-refractivity contribution in [2.75, 3.05) is 24.5 Å². The molecule has 1 aromatic carbocycles. The molecule has 4 heterocycles. The highest BCUT2D eigenvalue weighted by atomic mass is 32.1. The lowest BCUT2D eigenvalue weighted by Crippen LogP contribution is -2.55. The Labute approximate surface area is 215 Å². The van der Waals surface area contributed by atoms with Gasteiger partial charge in [-0.1, -0.05) is 30.7 Å². The summed E-state index contributed by atoms with van der Waals surface area (Å²) in [5, 5.41) is 9.82. The molecule has 188 valence electrons. The number of piperazine rings is 1. The zero-order valence-electron chi connectivity index (χ0n) is 21.0. The number of amides is 1. The summed E-state index contributed by atoms with van der Waals surface area (Å²) >= 11 is 1.75. The Morgan fingerprint density at radius 3 is 2.92 bits per heavy atom. The third-order valence-corrected chi connectivity index (χ3v) is 9.09. The van der Waals surface area contributed by atoms with E-state index in [9.17, 15) is 4.79 Å². The Morgan fingerprint density at radius 2 is 2.06 bits per heavy atom. The number of aryl methyl sites for hydroxylation is 1. The van der Waals surface area contributed by atoms with Crippen LogP contribution < -0.4 is 4.90 Å². The van der Waals surface area contributed by atoms with Crippen molar-refractivity contribution in [1.29, 1.82) is 0 Å². The van der Waals surface area contributed by atoms with Gasteiger partial charge < -0.3 is 9.80 Å². The van der Waals surface area contributed by atoms with Crippen LogP contribution in [0.4, 0.5) is 5.82 Å². The molecule has 3 atom stereocenters. The summed E-state index contributed by atoms with van der Waals surface area (Å²) in [6.45, 7) is 7.50. The predicted molar refractivity (Wildman–Crippen MR) is 143 cm³/mol. The van der Waals surface area contributed by atoms with Crippen LogP contribution in [-0.2, 0) is 17.8 Å². The molecule has 8 nitrogen and oxygen atoms in total. The van der Waals surface area contributed by atoms with Crippen LogP contribution in [0.5, 0.6) is 0 Å². The molecule has 2 aliphatic rings. The van der Waals surface area contributed by atoms with Crippen molar-refractivity contribution < 1.29 is 4.79 Å². The summed E-state index contributed by atoms with van der Waals surface area (Å²) in [6.07, 6.45) is 6.85. The zero-order chi connectivity index (χ0) is 24.6. The van der Waals surface area contributed by atoms with Crippen LogP contribution in [0.25, 0.3) is 21.3 Å². The molecule has 1 aliphatic carbocycles. The first kappa shape index (κ1) is 23.3.